The average Bonchev–Trinajstić information content (AvgIpc) is 2.60. The number of carbonyl (C=O) groups is 1. The largest absolute Gasteiger partial charge is 0.361 e. The summed E-state index contributed by atoms with van der Waals surface area (Å²) in [5.74, 6) is 0.0199. The Morgan fingerprint density at radius 1 is 1.56 bits per heavy atom. The molecule has 4 heteroatoms. The van der Waals surface area contributed by atoms with Gasteiger partial charge in [0.2, 0.25) is 0 Å². The topological polar surface area (TPSA) is 58.9 Å². The Kier molecular flexibility index (Phi) is 3.12. The van der Waals surface area contributed by atoms with E-state index in [-0.39, 0.29) is 5.78 Å². The molecule has 0 aliphatic carbocycles. The van der Waals surface area contributed by atoms with Crippen LogP contribution in [0, 0.1) is 0 Å². The van der Waals surface area contributed by atoms with E-state index < -0.39 is 6.04 Å². The molecule has 16 heavy (non-hydrogen) atoms. The minimum atomic E-state index is -0.414. The van der Waals surface area contributed by atoms with E-state index in [9.17, 15) is 4.79 Å². The number of aromatic nitrogens is 1. The van der Waals surface area contributed by atoms with Gasteiger partial charge in [-0.3, -0.25) is 4.79 Å². The van der Waals surface area contributed by atoms with Gasteiger partial charge in [0, 0.05) is 21.6 Å². The van der Waals surface area contributed by atoms with Gasteiger partial charge in [0.1, 0.15) is 5.78 Å². The fourth-order valence-electron chi connectivity index (χ4n) is 1.71. The fourth-order valence-corrected chi connectivity index (χ4v) is 2.07. The highest BCUT2D eigenvalue weighted by atomic mass is 79.9. The molecule has 2 rings (SSSR count). The maximum absolute atomic E-state index is 11.1. The molecule has 3 nitrogen and oxygen atoms in total. The highest BCUT2D eigenvalue weighted by molar-refractivity contribution is 9.10. The van der Waals surface area contributed by atoms with Crippen molar-refractivity contribution in [3.63, 3.8) is 0 Å². The summed E-state index contributed by atoms with van der Waals surface area (Å²) in [7, 11) is 0. The molecule has 1 atom stereocenters. The molecule has 1 aromatic carbocycles. The second-order valence-electron chi connectivity index (χ2n) is 3.93. The Hall–Kier alpha value is -1.13. The number of aromatic amines is 1. The van der Waals surface area contributed by atoms with E-state index in [1.807, 2.05) is 24.4 Å². The van der Waals surface area contributed by atoms with Gasteiger partial charge in [-0.1, -0.05) is 22.0 Å². The predicted octanol–water partition coefficient (Wildman–Crippen LogP) is 2.39. The van der Waals surface area contributed by atoms with E-state index in [1.165, 1.54) is 6.92 Å². The third kappa shape index (κ3) is 2.18. The highest BCUT2D eigenvalue weighted by Gasteiger charge is 2.12. The molecular formula is C12H13BrN2O. The molecule has 0 aliphatic heterocycles. The maximum Gasteiger partial charge on any atom is 0.146 e. The van der Waals surface area contributed by atoms with Gasteiger partial charge >= 0.3 is 0 Å². The third-order valence-electron chi connectivity index (χ3n) is 2.69. The molecule has 0 amide bonds. The Balaban J connectivity index is 2.35. The molecule has 0 fully saturated rings. The lowest BCUT2D eigenvalue weighted by Crippen LogP contribution is -2.30. The first kappa shape index (κ1) is 11.4. The maximum atomic E-state index is 11.1. The van der Waals surface area contributed by atoms with Crippen molar-refractivity contribution in [1.82, 2.24) is 4.98 Å². The zero-order valence-corrected chi connectivity index (χ0v) is 10.5. The predicted molar refractivity (Wildman–Crippen MR) is 68.4 cm³/mol. The summed E-state index contributed by atoms with van der Waals surface area (Å²) < 4.78 is 1.03. The number of fused-ring (bicyclic) bond motifs is 1. The van der Waals surface area contributed by atoms with Gasteiger partial charge in [0.25, 0.3) is 0 Å². The van der Waals surface area contributed by atoms with Crippen molar-refractivity contribution in [2.24, 2.45) is 5.73 Å². The van der Waals surface area contributed by atoms with Crippen molar-refractivity contribution in [1.29, 1.82) is 0 Å². The summed E-state index contributed by atoms with van der Waals surface area (Å²) in [6.07, 6.45) is 2.50. The van der Waals surface area contributed by atoms with E-state index in [0.717, 1.165) is 20.9 Å². The number of ketones is 1. The van der Waals surface area contributed by atoms with Crippen LogP contribution in [0.25, 0.3) is 10.9 Å². The Morgan fingerprint density at radius 3 is 3.00 bits per heavy atom. The normalized spacial score (nSPS) is 12.9. The SMILES string of the molecule is CC(=O)C(N)Cc1c[nH]c2cc(Br)ccc12. The van der Waals surface area contributed by atoms with Crippen molar-refractivity contribution in [2.75, 3.05) is 0 Å². The van der Waals surface area contributed by atoms with Gasteiger partial charge in [-0.05, 0) is 31.0 Å². The summed E-state index contributed by atoms with van der Waals surface area (Å²) >= 11 is 3.42. The van der Waals surface area contributed by atoms with Crippen LogP contribution < -0.4 is 5.73 Å². The standard InChI is InChI=1S/C12H13BrN2O/c1-7(16)11(14)4-8-6-15-12-5-9(13)2-3-10(8)12/h2-3,5-6,11,15H,4,14H2,1H3. The van der Waals surface area contributed by atoms with Crippen molar-refractivity contribution >= 4 is 32.6 Å². The van der Waals surface area contributed by atoms with Crippen molar-refractivity contribution in [3.8, 4) is 0 Å². The van der Waals surface area contributed by atoms with Crippen LogP contribution in [0.5, 0.6) is 0 Å². The molecule has 0 saturated heterocycles. The molecule has 2 aromatic rings. The number of carbonyl (C=O) groups excluding carboxylic acids is 1. The Morgan fingerprint density at radius 2 is 2.31 bits per heavy atom. The molecule has 0 saturated carbocycles. The van der Waals surface area contributed by atoms with Gasteiger partial charge in [0.15, 0.2) is 0 Å². The van der Waals surface area contributed by atoms with Gasteiger partial charge in [-0.2, -0.15) is 0 Å². The van der Waals surface area contributed by atoms with Gasteiger partial charge in [-0.15, -0.1) is 0 Å². The Bertz CT molecular complexity index is 533. The zero-order valence-electron chi connectivity index (χ0n) is 8.96. The van der Waals surface area contributed by atoms with E-state index in [4.69, 9.17) is 5.73 Å². The van der Waals surface area contributed by atoms with Crippen LogP contribution >= 0.6 is 15.9 Å². The zero-order chi connectivity index (χ0) is 11.7. The second-order valence-corrected chi connectivity index (χ2v) is 4.84. The minimum Gasteiger partial charge on any atom is -0.361 e. The first-order chi connectivity index (χ1) is 7.58. The summed E-state index contributed by atoms with van der Waals surface area (Å²) in [6.45, 7) is 1.52. The van der Waals surface area contributed by atoms with Crippen molar-refractivity contribution in [3.05, 3.63) is 34.4 Å². The van der Waals surface area contributed by atoms with Gasteiger partial charge in [-0.25, -0.2) is 0 Å². The second kappa shape index (κ2) is 4.39. The fraction of sp³-hybridized carbons (Fsp3) is 0.250. The quantitative estimate of drug-likeness (QED) is 0.907. The van der Waals surface area contributed by atoms with Crippen LogP contribution in [0.15, 0.2) is 28.9 Å². The number of halogens is 1. The van der Waals surface area contributed by atoms with Crippen LogP contribution in [0.1, 0.15) is 12.5 Å². The lowest BCUT2D eigenvalue weighted by atomic mass is 10.0. The van der Waals surface area contributed by atoms with E-state index in [0.29, 0.717) is 6.42 Å². The highest BCUT2D eigenvalue weighted by Crippen LogP contribution is 2.23. The van der Waals surface area contributed by atoms with Gasteiger partial charge < -0.3 is 10.7 Å². The van der Waals surface area contributed by atoms with Crippen LogP contribution in [-0.2, 0) is 11.2 Å². The smallest absolute Gasteiger partial charge is 0.146 e. The van der Waals surface area contributed by atoms with Gasteiger partial charge in [0.05, 0.1) is 6.04 Å². The number of nitrogens with one attached hydrogen (secondary N) is 1. The number of hydrogen-bond donors (Lipinski definition) is 2. The molecule has 3 N–H and O–H groups in total. The monoisotopic (exact) mass is 280 g/mol. The van der Waals surface area contributed by atoms with Crippen molar-refractivity contribution < 1.29 is 4.79 Å². The number of hydrogen-bond acceptors (Lipinski definition) is 2. The summed E-state index contributed by atoms with van der Waals surface area (Å²) in [4.78, 5) is 14.3. The van der Waals surface area contributed by atoms with Crippen LogP contribution in [0.2, 0.25) is 0 Å². The molecule has 1 aromatic heterocycles. The molecular weight excluding hydrogens is 268 g/mol. The molecule has 84 valence electrons. The van der Waals surface area contributed by atoms with E-state index in [1.54, 1.807) is 0 Å². The van der Waals surface area contributed by atoms with Crippen LogP contribution in [0.3, 0.4) is 0 Å². The lowest BCUT2D eigenvalue weighted by Gasteiger charge is -2.06. The van der Waals surface area contributed by atoms with Crippen LogP contribution in [0.4, 0.5) is 0 Å². The molecule has 0 spiro atoms. The number of rotatable bonds is 3. The first-order valence-electron chi connectivity index (χ1n) is 5.09. The summed E-state index contributed by atoms with van der Waals surface area (Å²) in [5, 5.41) is 1.12. The number of H-pyrrole nitrogens is 1. The summed E-state index contributed by atoms with van der Waals surface area (Å²) in [6, 6.07) is 5.61. The number of Topliss-reactive ketones (excluding diaryl/α,β-unsaturated/α-hetero) is 1. The van der Waals surface area contributed by atoms with Crippen LogP contribution in [-0.4, -0.2) is 16.8 Å². The summed E-state index contributed by atoms with van der Waals surface area (Å²) in [5.41, 5.74) is 7.90. The molecule has 0 bridgehead atoms. The van der Waals surface area contributed by atoms with E-state index in [2.05, 4.69) is 20.9 Å². The molecule has 0 aliphatic rings. The van der Waals surface area contributed by atoms with E-state index >= 15 is 0 Å². The van der Waals surface area contributed by atoms with Crippen molar-refractivity contribution in [2.45, 2.75) is 19.4 Å². The molecule has 1 unspecified atom stereocenters. The molecule has 1 heterocycles. The lowest BCUT2D eigenvalue weighted by molar-refractivity contribution is -0.118. The average molecular weight is 281 g/mol. The Labute approximate surface area is 102 Å². The third-order valence-corrected chi connectivity index (χ3v) is 3.18. The number of benzene rings is 1. The number of nitrogens with two attached hydrogens (primary N) is 1. The molecule has 0 radical (unpaired) electrons. The first-order valence-corrected chi connectivity index (χ1v) is 5.89. The minimum absolute atomic E-state index is 0.0199.